The average molecular weight is 424 g/mol. The van der Waals surface area contributed by atoms with Gasteiger partial charge < -0.3 is 14.8 Å². The van der Waals surface area contributed by atoms with Gasteiger partial charge in [-0.2, -0.15) is 0 Å². The van der Waals surface area contributed by atoms with Crippen molar-refractivity contribution in [3.05, 3.63) is 87.4 Å². The third kappa shape index (κ3) is 5.55. The van der Waals surface area contributed by atoms with Crippen LogP contribution in [-0.4, -0.2) is 12.5 Å². The van der Waals surface area contributed by atoms with Crippen LogP contribution in [0.3, 0.4) is 0 Å². The molecule has 3 aromatic rings. The number of hydrogen-bond donors (Lipinski definition) is 1. The van der Waals surface area contributed by atoms with E-state index in [-0.39, 0.29) is 12.5 Å². The van der Waals surface area contributed by atoms with E-state index in [9.17, 15) is 4.79 Å². The molecule has 1 N–H and O–H groups in total. The van der Waals surface area contributed by atoms with Gasteiger partial charge in [-0.3, -0.25) is 4.79 Å². The number of aryl methyl sites for hydroxylation is 3. The summed E-state index contributed by atoms with van der Waals surface area (Å²) in [5.74, 6) is 1.24. The van der Waals surface area contributed by atoms with E-state index >= 15 is 0 Å². The summed E-state index contributed by atoms with van der Waals surface area (Å²) >= 11 is 6.09. The van der Waals surface area contributed by atoms with Crippen molar-refractivity contribution in [2.45, 2.75) is 34.3 Å². The first-order chi connectivity index (χ1) is 14.4. The molecule has 0 aliphatic carbocycles. The first kappa shape index (κ1) is 21.7. The lowest BCUT2D eigenvalue weighted by molar-refractivity contribution is 0.102. The summed E-state index contributed by atoms with van der Waals surface area (Å²) < 4.78 is 11.6. The number of carbonyl (C=O) groups is 1. The van der Waals surface area contributed by atoms with Crippen LogP contribution in [0.2, 0.25) is 5.02 Å². The predicted molar refractivity (Wildman–Crippen MR) is 122 cm³/mol. The molecule has 5 heteroatoms. The second-order valence-electron chi connectivity index (χ2n) is 7.29. The molecule has 0 aromatic heterocycles. The summed E-state index contributed by atoms with van der Waals surface area (Å²) in [6, 6.07) is 16.9. The van der Waals surface area contributed by atoms with Crippen molar-refractivity contribution in [3.63, 3.8) is 0 Å². The Labute approximate surface area is 182 Å². The smallest absolute Gasteiger partial charge is 0.255 e. The minimum atomic E-state index is -0.174. The fourth-order valence-corrected chi connectivity index (χ4v) is 3.37. The van der Waals surface area contributed by atoms with Gasteiger partial charge in [0.15, 0.2) is 0 Å². The van der Waals surface area contributed by atoms with E-state index in [4.69, 9.17) is 21.1 Å². The molecule has 0 fully saturated rings. The second-order valence-corrected chi connectivity index (χ2v) is 7.69. The number of halogens is 1. The highest BCUT2D eigenvalue weighted by Crippen LogP contribution is 2.26. The van der Waals surface area contributed by atoms with Crippen LogP contribution in [0.4, 0.5) is 5.69 Å². The second kappa shape index (κ2) is 9.68. The monoisotopic (exact) mass is 423 g/mol. The van der Waals surface area contributed by atoms with E-state index in [1.165, 1.54) is 0 Å². The van der Waals surface area contributed by atoms with Crippen LogP contribution < -0.4 is 14.8 Å². The first-order valence-corrected chi connectivity index (χ1v) is 10.3. The van der Waals surface area contributed by atoms with Crippen LogP contribution in [0.25, 0.3) is 0 Å². The Morgan fingerprint density at radius 2 is 1.67 bits per heavy atom. The Morgan fingerprint density at radius 1 is 0.933 bits per heavy atom. The zero-order valence-corrected chi connectivity index (χ0v) is 18.5. The Balaban J connectivity index is 1.80. The van der Waals surface area contributed by atoms with Crippen LogP contribution in [-0.2, 0) is 6.61 Å². The van der Waals surface area contributed by atoms with Crippen molar-refractivity contribution in [2.75, 3.05) is 11.9 Å². The lowest BCUT2D eigenvalue weighted by Crippen LogP contribution is -2.13. The van der Waals surface area contributed by atoms with Crippen molar-refractivity contribution in [2.24, 2.45) is 0 Å². The molecule has 30 heavy (non-hydrogen) atoms. The number of hydrogen-bond acceptors (Lipinski definition) is 3. The molecule has 0 saturated heterocycles. The van der Waals surface area contributed by atoms with Crippen LogP contribution in [0.5, 0.6) is 11.5 Å². The highest BCUT2D eigenvalue weighted by Gasteiger charge is 2.12. The molecule has 1 amide bonds. The Hall–Kier alpha value is -2.98. The SMILES string of the molecule is CCOc1ccc(C(=O)Nc2cc(C)cc(C)c2)cc1COc1ccc(Cl)c(C)c1. The maximum Gasteiger partial charge on any atom is 0.255 e. The molecular formula is C25H26ClNO3. The summed E-state index contributed by atoms with van der Waals surface area (Å²) in [4.78, 5) is 12.8. The Kier molecular flexibility index (Phi) is 7.01. The molecule has 4 nitrogen and oxygen atoms in total. The maximum atomic E-state index is 12.8. The molecule has 0 unspecified atom stereocenters. The van der Waals surface area contributed by atoms with Crippen molar-refractivity contribution in [1.82, 2.24) is 0 Å². The van der Waals surface area contributed by atoms with E-state index in [0.29, 0.717) is 28.7 Å². The Bertz CT molecular complexity index is 1040. The number of amides is 1. The predicted octanol–water partition coefficient (Wildman–Crippen LogP) is 6.50. The van der Waals surface area contributed by atoms with Crippen molar-refractivity contribution in [3.8, 4) is 11.5 Å². The van der Waals surface area contributed by atoms with Gasteiger partial charge in [-0.05, 0) is 92.9 Å². The third-order valence-corrected chi connectivity index (χ3v) is 5.05. The van der Waals surface area contributed by atoms with Crippen LogP contribution in [0.15, 0.2) is 54.6 Å². The lowest BCUT2D eigenvalue weighted by atomic mass is 10.1. The molecule has 0 radical (unpaired) electrons. The topological polar surface area (TPSA) is 47.6 Å². The van der Waals surface area contributed by atoms with Gasteiger partial charge >= 0.3 is 0 Å². The number of benzene rings is 3. The quantitative estimate of drug-likeness (QED) is 0.472. The van der Waals surface area contributed by atoms with E-state index in [1.807, 2.05) is 70.2 Å². The van der Waals surface area contributed by atoms with Gasteiger partial charge in [0.2, 0.25) is 0 Å². The van der Waals surface area contributed by atoms with Gasteiger partial charge in [0, 0.05) is 21.8 Å². The summed E-state index contributed by atoms with van der Waals surface area (Å²) in [6.45, 7) is 8.68. The molecule has 0 saturated carbocycles. The summed E-state index contributed by atoms with van der Waals surface area (Å²) in [5.41, 5.74) is 5.27. The van der Waals surface area contributed by atoms with Gasteiger partial charge in [-0.15, -0.1) is 0 Å². The molecule has 0 atom stereocenters. The van der Waals surface area contributed by atoms with E-state index in [0.717, 1.165) is 27.9 Å². The van der Waals surface area contributed by atoms with Gasteiger partial charge in [-0.1, -0.05) is 17.7 Å². The highest BCUT2D eigenvalue weighted by molar-refractivity contribution is 6.31. The largest absolute Gasteiger partial charge is 0.493 e. The van der Waals surface area contributed by atoms with Crippen molar-refractivity contribution < 1.29 is 14.3 Å². The molecule has 0 aliphatic rings. The minimum Gasteiger partial charge on any atom is -0.493 e. The van der Waals surface area contributed by atoms with E-state index < -0.39 is 0 Å². The molecule has 156 valence electrons. The number of rotatable bonds is 7. The normalized spacial score (nSPS) is 10.6. The number of nitrogens with one attached hydrogen (secondary N) is 1. The van der Waals surface area contributed by atoms with Crippen LogP contribution >= 0.6 is 11.6 Å². The zero-order chi connectivity index (χ0) is 21.7. The fraction of sp³-hybridized carbons (Fsp3) is 0.240. The Morgan fingerprint density at radius 3 is 2.33 bits per heavy atom. The van der Waals surface area contributed by atoms with Crippen LogP contribution in [0, 0.1) is 20.8 Å². The summed E-state index contributed by atoms with van der Waals surface area (Å²) in [5, 5.41) is 3.67. The highest BCUT2D eigenvalue weighted by atomic mass is 35.5. The summed E-state index contributed by atoms with van der Waals surface area (Å²) in [7, 11) is 0. The lowest BCUT2D eigenvalue weighted by Gasteiger charge is -2.14. The molecule has 0 spiro atoms. The maximum absolute atomic E-state index is 12.8. The standard InChI is InChI=1S/C25H26ClNO3/c1-5-29-24-9-6-19(25(28)27-21-11-16(2)10-17(3)12-21)14-20(24)15-30-22-7-8-23(26)18(4)13-22/h6-14H,5,15H2,1-4H3,(H,27,28). The first-order valence-electron chi connectivity index (χ1n) is 9.90. The molecule has 3 aromatic carbocycles. The fourth-order valence-electron chi connectivity index (χ4n) is 3.25. The number of carbonyl (C=O) groups excluding carboxylic acids is 1. The van der Waals surface area contributed by atoms with Crippen LogP contribution in [0.1, 0.15) is 39.5 Å². The molecule has 3 rings (SSSR count). The molecule has 0 bridgehead atoms. The average Bonchev–Trinajstić information content (AvgIpc) is 2.69. The van der Waals surface area contributed by atoms with Gasteiger partial charge in [0.05, 0.1) is 6.61 Å². The van der Waals surface area contributed by atoms with Gasteiger partial charge in [0.1, 0.15) is 18.1 Å². The van der Waals surface area contributed by atoms with Crippen molar-refractivity contribution >= 4 is 23.2 Å². The number of ether oxygens (including phenoxy) is 2. The zero-order valence-electron chi connectivity index (χ0n) is 17.7. The summed E-state index contributed by atoms with van der Waals surface area (Å²) in [6.07, 6.45) is 0. The molecule has 0 aliphatic heterocycles. The van der Waals surface area contributed by atoms with E-state index in [2.05, 4.69) is 11.4 Å². The number of anilines is 1. The van der Waals surface area contributed by atoms with E-state index in [1.54, 1.807) is 6.07 Å². The van der Waals surface area contributed by atoms with Gasteiger partial charge in [-0.25, -0.2) is 0 Å². The van der Waals surface area contributed by atoms with Crippen molar-refractivity contribution in [1.29, 1.82) is 0 Å². The molecule has 0 heterocycles. The van der Waals surface area contributed by atoms with Gasteiger partial charge in [0.25, 0.3) is 5.91 Å². The minimum absolute atomic E-state index is 0.174. The third-order valence-electron chi connectivity index (χ3n) is 4.63. The molecular weight excluding hydrogens is 398 g/mol.